The van der Waals surface area contributed by atoms with Gasteiger partial charge in [0.25, 0.3) is 5.91 Å². The van der Waals surface area contributed by atoms with Crippen molar-refractivity contribution in [2.24, 2.45) is 17.6 Å². The number of Topliss-reactive ketones (excluding diaryl/α,β-unsaturated/α-hetero) is 2. The number of fused-ring (bicyclic) bond motifs is 3. The summed E-state index contributed by atoms with van der Waals surface area (Å²) in [6.45, 7) is 1.43. The third-order valence-electron chi connectivity index (χ3n) is 7.56. The van der Waals surface area contributed by atoms with E-state index in [0.717, 1.165) is 0 Å². The fourth-order valence-electron chi connectivity index (χ4n) is 5.87. The van der Waals surface area contributed by atoms with E-state index in [1.54, 1.807) is 36.4 Å². The van der Waals surface area contributed by atoms with Crippen LogP contribution in [0.3, 0.4) is 0 Å². The number of aliphatic hydroxyl groups is 4. The Morgan fingerprint density at radius 3 is 2.29 bits per heavy atom. The summed E-state index contributed by atoms with van der Waals surface area (Å²) < 4.78 is 0. The topological polar surface area (TPSA) is 178 Å². The standard InChI is InChI=1S/C26H23NO8/c1-25(34)14-9-12-10-16(29)19(24(27)33)23(32)26(12,35)22(31)17(14)21(30)18-15(28)8-7-13(20(18)25)11-5-3-2-4-6-11/h2-8,12,14,28,31-32,34-35H,9-10H2,1H3,(H2,27,33)/t12-,14-,25+,26-/m0/s1. The van der Waals surface area contributed by atoms with E-state index in [1.807, 2.05) is 0 Å². The van der Waals surface area contributed by atoms with E-state index >= 15 is 0 Å². The molecule has 7 N–H and O–H groups in total. The molecule has 0 saturated carbocycles. The number of nitrogens with two attached hydrogens (primary N) is 1. The maximum atomic E-state index is 13.7. The number of phenolic OH excluding ortho intramolecular Hbond substituents is 1. The van der Waals surface area contributed by atoms with Crippen molar-refractivity contribution in [2.45, 2.75) is 31.0 Å². The van der Waals surface area contributed by atoms with Gasteiger partial charge in [-0.05, 0) is 30.5 Å². The van der Waals surface area contributed by atoms with Gasteiger partial charge in [0, 0.05) is 29.4 Å². The Morgan fingerprint density at radius 1 is 1.00 bits per heavy atom. The number of hydrogen-bond donors (Lipinski definition) is 6. The van der Waals surface area contributed by atoms with Crippen molar-refractivity contribution < 1.29 is 39.9 Å². The monoisotopic (exact) mass is 477 g/mol. The molecule has 3 aliphatic carbocycles. The van der Waals surface area contributed by atoms with Gasteiger partial charge in [0.1, 0.15) is 22.8 Å². The Morgan fingerprint density at radius 2 is 1.66 bits per heavy atom. The summed E-state index contributed by atoms with van der Waals surface area (Å²) in [4.78, 5) is 38.0. The lowest BCUT2D eigenvalue weighted by Gasteiger charge is -2.50. The Balaban J connectivity index is 1.81. The average molecular weight is 477 g/mol. The van der Waals surface area contributed by atoms with Gasteiger partial charge in [0.15, 0.2) is 17.2 Å². The molecule has 9 nitrogen and oxygen atoms in total. The molecule has 4 atom stereocenters. The van der Waals surface area contributed by atoms with E-state index in [1.165, 1.54) is 13.0 Å². The van der Waals surface area contributed by atoms with Crippen molar-refractivity contribution in [1.82, 2.24) is 0 Å². The summed E-state index contributed by atoms with van der Waals surface area (Å²) in [5.41, 5.74) is 0.572. The van der Waals surface area contributed by atoms with Gasteiger partial charge in [0.05, 0.1) is 11.2 Å². The van der Waals surface area contributed by atoms with Crippen LogP contribution in [0.5, 0.6) is 5.75 Å². The third-order valence-corrected chi connectivity index (χ3v) is 7.56. The zero-order valence-corrected chi connectivity index (χ0v) is 18.6. The van der Waals surface area contributed by atoms with E-state index in [2.05, 4.69) is 0 Å². The van der Waals surface area contributed by atoms with Crippen molar-refractivity contribution in [3.8, 4) is 16.9 Å². The van der Waals surface area contributed by atoms with Gasteiger partial charge in [-0.1, -0.05) is 36.4 Å². The minimum atomic E-state index is -2.62. The number of phenols is 1. The molecule has 0 saturated heterocycles. The largest absolute Gasteiger partial charge is 0.508 e. The van der Waals surface area contributed by atoms with Crippen LogP contribution >= 0.6 is 0 Å². The maximum absolute atomic E-state index is 13.7. The van der Waals surface area contributed by atoms with Crippen LogP contribution in [0.25, 0.3) is 11.1 Å². The molecular weight excluding hydrogens is 454 g/mol. The second-order valence-electron chi connectivity index (χ2n) is 9.45. The van der Waals surface area contributed by atoms with Crippen molar-refractivity contribution in [1.29, 1.82) is 0 Å². The molecule has 0 heterocycles. The van der Waals surface area contributed by atoms with E-state index in [0.29, 0.717) is 11.1 Å². The average Bonchev–Trinajstić information content (AvgIpc) is 2.80. The van der Waals surface area contributed by atoms with Crippen LogP contribution in [0.15, 0.2) is 65.1 Å². The van der Waals surface area contributed by atoms with Crippen LogP contribution in [0, 0.1) is 11.8 Å². The highest BCUT2D eigenvalue weighted by atomic mass is 16.4. The molecule has 3 aliphatic rings. The van der Waals surface area contributed by atoms with Gasteiger partial charge in [-0.25, -0.2) is 0 Å². The first-order valence-corrected chi connectivity index (χ1v) is 11.0. The summed E-state index contributed by atoms with van der Waals surface area (Å²) in [6.07, 6.45) is -0.630. The summed E-state index contributed by atoms with van der Waals surface area (Å²) in [6, 6.07) is 11.8. The van der Waals surface area contributed by atoms with Crippen LogP contribution in [-0.2, 0) is 15.2 Å². The number of rotatable bonds is 2. The lowest BCUT2D eigenvalue weighted by molar-refractivity contribution is -0.130. The van der Waals surface area contributed by atoms with Gasteiger partial charge in [-0.2, -0.15) is 0 Å². The highest BCUT2D eigenvalue weighted by Crippen LogP contribution is 2.58. The zero-order chi connectivity index (χ0) is 25.4. The number of hydrogen-bond acceptors (Lipinski definition) is 8. The predicted octanol–water partition coefficient (Wildman–Crippen LogP) is 1.91. The minimum Gasteiger partial charge on any atom is -0.508 e. The normalized spacial score (nSPS) is 30.0. The molecule has 9 heteroatoms. The minimum absolute atomic E-state index is 0.153. The van der Waals surface area contributed by atoms with Crippen LogP contribution < -0.4 is 5.73 Å². The van der Waals surface area contributed by atoms with Crippen molar-refractivity contribution >= 4 is 17.5 Å². The Bertz CT molecular complexity index is 1390. The molecule has 5 rings (SSSR count). The summed E-state index contributed by atoms with van der Waals surface area (Å²) in [7, 11) is 0. The van der Waals surface area contributed by atoms with E-state index < -0.39 is 75.3 Å². The number of carbonyl (C=O) groups is 3. The fourth-order valence-corrected chi connectivity index (χ4v) is 5.87. The summed E-state index contributed by atoms with van der Waals surface area (Å²) >= 11 is 0. The Labute approximate surface area is 199 Å². The lowest BCUT2D eigenvalue weighted by Crippen LogP contribution is -2.56. The van der Waals surface area contributed by atoms with Crippen LogP contribution in [0.1, 0.15) is 35.7 Å². The van der Waals surface area contributed by atoms with Gasteiger partial charge < -0.3 is 31.3 Å². The number of aliphatic hydroxyl groups excluding tert-OH is 2. The van der Waals surface area contributed by atoms with Crippen molar-refractivity contribution in [2.75, 3.05) is 0 Å². The first-order valence-electron chi connectivity index (χ1n) is 11.0. The van der Waals surface area contributed by atoms with Gasteiger partial charge in [-0.3, -0.25) is 14.4 Å². The van der Waals surface area contributed by atoms with Crippen LogP contribution in [-0.4, -0.2) is 48.6 Å². The molecule has 0 unspecified atom stereocenters. The zero-order valence-electron chi connectivity index (χ0n) is 18.6. The molecule has 0 aromatic heterocycles. The lowest BCUT2D eigenvalue weighted by atomic mass is 9.56. The highest BCUT2D eigenvalue weighted by Gasteiger charge is 2.62. The molecule has 2 aromatic rings. The first-order chi connectivity index (χ1) is 16.4. The molecular formula is C26H23NO8. The van der Waals surface area contributed by atoms with Crippen molar-refractivity contribution in [3.63, 3.8) is 0 Å². The van der Waals surface area contributed by atoms with Gasteiger partial charge in [0.2, 0.25) is 0 Å². The predicted molar refractivity (Wildman–Crippen MR) is 122 cm³/mol. The second-order valence-corrected chi connectivity index (χ2v) is 9.45. The second kappa shape index (κ2) is 7.27. The highest BCUT2D eigenvalue weighted by molar-refractivity contribution is 6.20. The van der Waals surface area contributed by atoms with E-state index in [-0.39, 0.29) is 17.5 Å². The first kappa shape index (κ1) is 22.8. The SMILES string of the molecule is C[C@]1(O)c2c(-c3ccccc3)ccc(O)c2C(=O)C2=C(O)[C@]3(O)C(O)=C(C(N)=O)C(=O)C[C@@H]3C[C@@H]21. The summed E-state index contributed by atoms with van der Waals surface area (Å²) in [5, 5.41) is 55.7. The van der Waals surface area contributed by atoms with Crippen LogP contribution in [0.2, 0.25) is 0 Å². The van der Waals surface area contributed by atoms with Gasteiger partial charge >= 0.3 is 0 Å². The molecule has 0 bridgehead atoms. The molecule has 2 aromatic carbocycles. The molecule has 0 spiro atoms. The molecule has 180 valence electrons. The molecule has 0 fully saturated rings. The molecule has 0 radical (unpaired) electrons. The smallest absolute Gasteiger partial charge is 0.255 e. The Kier molecular flexibility index (Phi) is 4.74. The van der Waals surface area contributed by atoms with Gasteiger partial charge in [-0.15, -0.1) is 0 Å². The molecule has 0 aliphatic heterocycles. The number of ketones is 2. The quantitative estimate of drug-likeness (QED) is 0.355. The third kappa shape index (κ3) is 2.85. The summed E-state index contributed by atoms with van der Waals surface area (Å²) in [5.74, 6) is -7.73. The number of benzene rings is 2. The number of aromatic hydroxyl groups is 1. The molecule has 1 amide bonds. The Hall–Kier alpha value is -3.95. The number of carbonyl (C=O) groups excluding carboxylic acids is 3. The van der Waals surface area contributed by atoms with Crippen molar-refractivity contribution in [3.05, 3.63) is 76.3 Å². The number of amides is 1. The van der Waals surface area contributed by atoms with E-state index in [9.17, 15) is 39.9 Å². The van der Waals surface area contributed by atoms with Crippen LogP contribution in [0.4, 0.5) is 0 Å². The maximum Gasteiger partial charge on any atom is 0.255 e. The number of primary amides is 1. The fraction of sp³-hybridized carbons (Fsp3) is 0.269. The molecule has 35 heavy (non-hydrogen) atoms. The van der Waals surface area contributed by atoms with E-state index in [4.69, 9.17) is 5.73 Å².